The van der Waals surface area contributed by atoms with Crippen molar-refractivity contribution in [3.05, 3.63) is 102 Å². The van der Waals surface area contributed by atoms with Gasteiger partial charge in [0.1, 0.15) is 18.6 Å². The molecule has 1 fully saturated rings. The summed E-state index contributed by atoms with van der Waals surface area (Å²) in [5, 5.41) is 0. The molecule has 7 heteroatoms. The van der Waals surface area contributed by atoms with E-state index in [1.54, 1.807) is 17.4 Å². The zero-order valence-electron chi connectivity index (χ0n) is 21.3. The van der Waals surface area contributed by atoms with Crippen molar-refractivity contribution in [2.75, 3.05) is 13.1 Å². The first-order chi connectivity index (χ1) is 17.7. The molecule has 0 saturated carbocycles. The maximum atomic E-state index is 13.1. The van der Waals surface area contributed by atoms with E-state index < -0.39 is 5.92 Å². The topological polar surface area (TPSA) is 51.4 Å². The van der Waals surface area contributed by atoms with Crippen molar-refractivity contribution < 1.29 is 17.9 Å². The Hall–Kier alpha value is -3.58. The molecule has 0 bridgehead atoms. The van der Waals surface area contributed by atoms with Gasteiger partial charge in [-0.3, -0.25) is 9.88 Å². The molecular weight excluding hydrogens is 472 g/mol. The molecule has 1 aliphatic rings. The Balaban J connectivity index is 1.29. The molecule has 2 aromatic carbocycles. The van der Waals surface area contributed by atoms with E-state index in [-0.39, 0.29) is 18.5 Å². The lowest BCUT2D eigenvalue weighted by Crippen LogP contribution is -2.55. The number of benzene rings is 2. The minimum Gasteiger partial charge on any atom is -0.487 e. The van der Waals surface area contributed by atoms with E-state index in [2.05, 4.69) is 55.0 Å². The summed E-state index contributed by atoms with van der Waals surface area (Å²) in [6, 6.07) is 22.3. The van der Waals surface area contributed by atoms with E-state index >= 15 is 0 Å². The molecule has 192 valence electrons. The molecule has 1 aliphatic heterocycles. The van der Waals surface area contributed by atoms with Gasteiger partial charge in [-0.25, -0.2) is 13.8 Å². The number of ether oxygens (including phenoxy) is 1. The van der Waals surface area contributed by atoms with E-state index in [9.17, 15) is 8.78 Å². The maximum Gasteiger partial charge on any atom is 0.272 e. The fourth-order valence-corrected chi connectivity index (χ4v) is 4.79. The Labute approximate surface area is 216 Å². The van der Waals surface area contributed by atoms with Crippen LogP contribution in [0.15, 0.2) is 83.6 Å². The van der Waals surface area contributed by atoms with Gasteiger partial charge in [-0.05, 0) is 53.4 Å². The Bertz CT molecular complexity index is 1310. The van der Waals surface area contributed by atoms with Crippen LogP contribution in [0, 0.1) is 5.92 Å². The van der Waals surface area contributed by atoms with Crippen LogP contribution < -0.4 is 4.74 Å². The van der Waals surface area contributed by atoms with Crippen LogP contribution in [0.1, 0.15) is 43.3 Å². The second kappa shape index (κ2) is 10.1. The number of pyridine rings is 1. The van der Waals surface area contributed by atoms with Crippen molar-refractivity contribution in [1.29, 1.82) is 0 Å². The number of hydrogen-bond donors (Lipinski definition) is 0. The number of likely N-dealkylation sites (tertiary alicyclic amines) is 1. The van der Waals surface area contributed by atoms with Gasteiger partial charge in [0.25, 0.3) is 5.92 Å². The van der Waals surface area contributed by atoms with Crippen LogP contribution >= 0.6 is 0 Å². The van der Waals surface area contributed by atoms with E-state index in [4.69, 9.17) is 9.15 Å². The molecule has 4 aromatic rings. The van der Waals surface area contributed by atoms with Gasteiger partial charge in [0.05, 0.1) is 24.5 Å². The van der Waals surface area contributed by atoms with E-state index in [0.29, 0.717) is 30.7 Å². The lowest BCUT2D eigenvalue weighted by Gasteiger charge is -2.38. The minimum absolute atomic E-state index is 0.220. The van der Waals surface area contributed by atoms with Crippen LogP contribution in [-0.4, -0.2) is 33.9 Å². The van der Waals surface area contributed by atoms with Crippen molar-refractivity contribution in [3.63, 3.8) is 0 Å². The van der Waals surface area contributed by atoms with Crippen molar-refractivity contribution >= 4 is 0 Å². The predicted molar refractivity (Wildman–Crippen MR) is 138 cm³/mol. The molecule has 0 spiro atoms. The lowest BCUT2D eigenvalue weighted by atomic mass is 9.68. The van der Waals surface area contributed by atoms with Crippen molar-refractivity contribution in [2.24, 2.45) is 5.92 Å². The van der Waals surface area contributed by atoms with Gasteiger partial charge < -0.3 is 9.15 Å². The van der Waals surface area contributed by atoms with Gasteiger partial charge in [-0.15, -0.1) is 0 Å². The first-order valence-corrected chi connectivity index (χ1v) is 12.5. The first-order valence-electron chi connectivity index (χ1n) is 12.5. The second-order valence-corrected chi connectivity index (χ2v) is 10.2. The van der Waals surface area contributed by atoms with Gasteiger partial charge >= 0.3 is 0 Å². The number of halogens is 2. The van der Waals surface area contributed by atoms with Crippen LogP contribution in [0.2, 0.25) is 0 Å². The second-order valence-electron chi connectivity index (χ2n) is 10.2. The Morgan fingerprint density at radius 1 is 0.973 bits per heavy atom. The number of hydrogen-bond acceptors (Lipinski definition) is 5. The SMILES string of the molecule is CC(C)C(C)(c1ccc(OCc2ccccn2)cc1)c1ccc(-c2nc(CN3CC(F)(F)C3)co2)cc1. The van der Waals surface area contributed by atoms with Gasteiger partial charge in [0.15, 0.2) is 0 Å². The summed E-state index contributed by atoms with van der Waals surface area (Å²) in [6.07, 6.45) is 3.31. The molecule has 1 atom stereocenters. The standard InChI is InChI=1S/C30H31F2N3O2/c1-21(2)29(3,24-11-13-27(14-12-24)36-17-25-6-4-5-15-33-25)23-9-7-22(8-10-23)28-34-26(18-37-28)16-35-19-30(31,32)20-35/h4-15,18,21H,16-17,19-20H2,1-3H3. The summed E-state index contributed by atoms with van der Waals surface area (Å²) < 4.78 is 37.8. The molecule has 0 amide bonds. The molecular formula is C30H31F2N3O2. The van der Waals surface area contributed by atoms with Crippen LogP contribution in [0.5, 0.6) is 5.75 Å². The fourth-order valence-electron chi connectivity index (χ4n) is 4.79. The van der Waals surface area contributed by atoms with Crippen molar-refractivity contribution in [1.82, 2.24) is 14.9 Å². The molecule has 0 aliphatic carbocycles. The quantitative estimate of drug-likeness (QED) is 0.254. The van der Waals surface area contributed by atoms with Gasteiger partial charge in [-0.1, -0.05) is 51.1 Å². The summed E-state index contributed by atoms with van der Waals surface area (Å²) in [5.74, 6) is -0.952. The highest BCUT2D eigenvalue weighted by molar-refractivity contribution is 5.55. The molecule has 1 saturated heterocycles. The number of alkyl halides is 2. The maximum absolute atomic E-state index is 13.1. The molecule has 1 unspecified atom stereocenters. The van der Waals surface area contributed by atoms with Gasteiger partial charge in [-0.2, -0.15) is 0 Å². The number of oxazole rings is 1. The molecule has 2 aromatic heterocycles. The summed E-state index contributed by atoms with van der Waals surface area (Å²) in [4.78, 5) is 10.5. The third kappa shape index (κ3) is 5.42. The highest BCUT2D eigenvalue weighted by Crippen LogP contribution is 2.40. The molecule has 37 heavy (non-hydrogen) atoms. The largest absolute Gasteiger partial charge is 0.487 e. The summed E-state index contributed by atoms with van der Waals surface area (Å²) in [6.45, 7) is 7.03. The fraction of sp³-hybridized carbons (Fsp3) is 0.333. The molecule has 0 radical (unpaired) electrons. The number of rotatable bonds is 9. The predicted octanol–water partition coefficient (Wildman–Crippen LogP) is 6.73. The van der Waals surface area contributed by atoms with E-state index in [1.165, 1.54) is 11.1 Å². The zero-order chi connectivity index (χ0) is 26.0. The molecule has 5 nitrogen and oxygen atoms in total. The number of aromatic nitrogens is 2. The lowest BCUT2D eigenvalue weighted by molar-refractivity contribution is -0.134. The normalized spacial score (nSPS) is 16.8. The monoisotopic (exact) mass is 503 g/mol. The summed E-state index contributed by atoms with van der Waals surface area (Å²) >= 11 is 0. The minimum atomic E-state index is -2.58. The van der Waals surface area contributed by atoms with E-state index in [0.717, 1.165) is 17.0 Å². The first kappa shape index (κ1) is 25.1. The third-order valence-electron chi connectivity index (χ3n) is 7.30. The van der Waals surface area contributed by atoms with Gasteiger partial charge in [0.2, 0.25) is 5.89 Å². The average molecular weight is 504 g/mol. The van der Waals surface area contributed by atoms with Crippen LogP contribution in [0.3, 0.4) is 0 Å². The molecule has 5 rings (SSSR count). The Kier molecular flexibility index (Phi) is 6.82. The average Bonchev–Trinajstić information content (AvgIpc) is 3.35. The van der Waals surface area contributed by atoms with E-state index in [1.807, 2.05) is 42.5 Å². The molecule has 0 N–H and O–H groups in total. The van der Waals surface area contributed by atoms with Gasteiger partial charge in [0, 0.05) is 23.7 Å². The molecule has 3 heterocycles. The summed E-state index contributed by atoms with van der Waals surface area (Å²) in [5.41, 5.74) is 4.56. The van der Waals surface area contributed by atoms with Crippen molar-refractivity contribution in [3.8, 4) is 17.2 Å². The third-order valence-corrected chi connectivity index (χ3v) is 7.30. The van der Waals surface area contributed by atoms with Crippen molar-refractivity contribution in [2.45, 2.75) is 45.3 Å². The highest BCUT2D eigenvalue weighted by Gasteiger charge is 2.43. The summed E-state index contributed by atoms with van der Waals surface area (Å²) in [7, 11) is 0. The van der Waals surface area contributed by atoms with Crippen LogP contribution in [0.25, 0.3) is 11.5 Å². The number of nitrogens with zero attached hydrogens (tertiary/aromatic N) is 3. The van der Waals surface area contributed by atoms with Crippen LogP contribution in [0.4, 0.5) is 8.78 Å². The van der Waals surface area contributed by atoms with Crippen LogP contribution in [-0.2, 0) is 18.6 Å². The smallest absolute Gasteiger partial charge is 0.272 e. The Morgan fingerprint density at radius 3 is 2.24 bits per heavy atom. The Morgan fingerprint density at radius 2 is 1.65 bits per heavy atom. The highest BCUT2D eigenvalue weighted by atomic mass is 19.3. The zero-order valence-corrected chi connectivity index (χ0v) is 21.3.